The van der Waals surface area contributed by atoms with Crippen molar-refractivity contribution in [1.82, 2.24) is 0 Å². The van der Waals surface area contributed by atoms with Gasteiger partial charge in [0.2, 0.25) is 0 Å². The monoisotopic (exact) mass is 166 g/mol. The minimum absolute atomic E-state index is 0.00741. The zero-order chi connectivity index (χ0) is 9.14. The van der Waals surface area contributed by atoms with Crippen molar-refractivity contribution >= 4 is 5.97 Å². The van der Waals surface area contributed by atoms with Gasteiger partial charge in [-0.1, -0.05) is 24.3 Å². The van der Waals surface area contributed by atoms with Crippen LogP contribution in [0.4, 0.5) is 0 Å². The fraction of sp³-hybridized carbons (Fsp3) is 0.500. The van der Waals surface area contributed by atoms with Crippen LogP contribution in [0, 0.1) is 5.92 Å². The Labute approximate surface area is 72.9 Å². The summed E-state index contributed by atoms with van der Waals surface area (Å²) in [5.74, 6) is -0.114. The zero-order valence-corrected chi connectivity index (χ0v) is 7.43. The van der Waals surface area contributed by atoms with Crippen molar-refractivity contribution in [3.63, 3.8) is 0 Å². The van der Waals surface area contributed by atoms with E-state index in [-0.39, 0.29) is 11.9 Å². The Morgan fingerprint density at radius 1 is 1.50 bits per heavy atom. The van der Waals surface area contributed by atoms with Crippen LogP contribution in [0.15, 0.2) is 24.3 Å². The molecule has 0 heterocycles. The molecule has 0 aliphatic heterocycles. The summed E-state index contributed by atoms with van der Waals surface area (Å²) >= 11 is 0. The third-order valence-electron chi connectivity index (χ3n) is 2.32. The first kappa shape index (κ1) is 9.04. The topological polar surface area (TPSA) is 26.3 Å². The molecular formula is C10H14O2. The van der Waals surface area contributed by atoms with Gasteiger partial charge < -0.3 is 4.74 Å². The molecule has 1 fully saturated rings. The maximum absolute atomic E-state index is 11.1. The highest BCUT2D eigenvalue weighted by atomic mass is 16.5. The van der Waals surface area contributed by atoms with E-state index < -0.39 is 0 Å². The average Bonchev–Trinajstić information content (AvgIpc) is 2.08. The van der Waals surface area contributed by atoms with Crippen molar-refractivity contribution in [2.45, 2.75) is 19.3 Å². The van der Waals surface area contributed by atoms with E-state index >= 15 is 0 Å². The number of carbonyl (C=O) groups is 1. The van der Waals surface area contributed by atoms with Crippen molar-refractivity contribution in [3.8, 4) is 0 Å². The zero-order valence-electron chi connectivity index (χ0n) is 7.43. The number of methoxy groups -OCH3 is 1. The Morgan fingerprint density at radius 2 is 2.17 bits per heavy atom. The van der Waals surface area contributed by atoms with Crippen LogP contribution in [0.3, 0.4) is 0 Å². The molecule has 0 radical (unpaired) electrons. The molecule has 2 nitrogen and oxygen atoms in total. The van der Waals surface area contributed by atoms with E-state index in [1.54, 1.807) is 0 Å². The summed E-state index contributed by atoms with van der Waals surface area (Å²) < 4.78 is 4.66. The van der Waals surface area contributed by atoms with E-state index in [4.69, 9.17) is 0 Å². The first-order valence-corrected chi connectivity index (χ1v) is 4.09. The van der Waals surface area contributed by atoms with E-state index in [0.717, 1.165) is 24.0 Å². The maximum atomic E-state index is 11.1. The van der Waals surface area contributed by atoms with Gasteiger partial charge in [0.1, 0.15) is 0 Å². The average molecular weight is 166 g/mol. The van der Waals surface area contributed by atoms with Crippen molar-refractivity contribution in [3.05, 3.63) is 24.3 Å². The van der Waals surface area contributed by atoms with Crippen molar-refractivity contribution in [2.75, 3.05) is 7.11 Å². The summed E-state index contributed by atoms with van der Waals surface area (Å²) in [6.07, 6.45) is 2.44. The van der Waals surface area contributed by atoms with Crippen LogP contribution in [0.25, 0.3) is 0 Å². The van der Waals surface area contributed by atoms with E-state index in [2.05, 4.69) is 17.9 Å². The van der Waals surface area contributed by atoms with Crippen molar-refractivity contribution < 1.29 is 9.53 Å². The minimum atomic E-state index is -0.122. The number of carbonyl (C=O) groups excluding carboxylic acids is 1. The van der Waals surface area contributed by atoms with Crippen LogP contribution in [0.5, 0.6) is 0 Å². The summed E-state index contributed by atoms with van der Waals surface area (Å²) in [5.41, 5.74) is 2.08. The normalized spacial score (nSPS) is 23.9. The maximum Gasteiger partial charge on any atom is 0.309 e. The molecule has 2 heteroatoms. The van der Waals surface area contributed by atoms with Gasteiger partial charge in [-0.25, -0.2) is 0 Å². The second-order valence-electron chi connectivity index (χ2n) is 3.17. The molecule has 0 amide bonds. The number of ether oxygens (including phenoxy) is 1. The van der Waals surface area contributed by atoms with E-state index in [1.807, 2.05) is 0 Å². The molecule has 1 aliphatic carbocycles. The lowest BCUT2D eigenvalue weighted by Crippen LogP contribution is -2.20. The quantitative estimate of drug-likeness (QED) is 0.557. The molecule has 0 aromatic carbocycles. The molecule has 0 spiro atoms. The summed E-state index contributed by atoms with van der Waals surface area (Å²) in [4.78, 5) is 11.1. The number of hydrogen-bond donors (Lipinski definition) is 0. The Kier molecular flexibility index (Phi) is 2.69. The Balaban J connectivity index is 2.56. The predicted molar refractivity (Wildman–Crippen MR) is 47.6 cm³/mol. The minimum Gasteiger partial charge on any atom is -0.469 e. The number of allylic oxidation sites excluding steroid dienone is 2. The van der Waals surface area contributed by atoms with Crippen molar-refractivity contribution in [1.29, 1.82) is 0 Å². The SMILES string of the molecule is C=C1CCC(C(=O)OC)CC1=C. The molecule has 0 saturated heterocycles. The third kappa shape index (κ3) is 1.76. The first-order chi connectivity index (χ1) is 5.65. The van der Waals surface area contributed by atoms with Gasteiger partial charge in [0.15, 0.2) is 0 Å². The largest absolute Gasteiger partial charge is 0.469 e. The van der Waals surface area contributed by atoms with E-state index in [1.165, 1.54) is 7.11 Å². The highest BCUT2D eigenvalue weighted by Gasteiger charge is 2.24. The van der Waals surface area contributed by atoms with Gasteiger partial charge in [0.05, 0.1) is 13.0 Å². The van der Waals surface area contributed by atoms with Crippen LogP contribution in [-0.4, -0.2) is 13.1 Å². The standard InChI is InChI=1S/C10H14O2/c1-7-4-5-9(6-8(7)2)10(11)12-3/h9H,1-2,4-6H2,3H3. The van der Waals surface area contributed by atoms with Gasteiger partial charge in [0.25, 0.3) is 0 Å². The molecule has 0 bridgehead atoms. The summed E-state index contributed by atoms with van der Waals surface area (Å²) in [7, 11) is 1.43. The lowest BCUT2D eigenvalue weighted by atomic mass is 9.83. The highest BCUT2D eigenvalue weighted by molar-refractivity contribution is 5.73. The molecule has 66 valence electrons. The second kappa shape index (κ2) is 3.57. The first-order valence-electron chi connectivity index (χ1n) is 4.09. The summed E-state index contributed by atoms with van der Waals surface area (Å²) in [6, 6.07) is 0. The molecule has 1 rings (SSSR count). The van der Waals surface area contributed by atoms with Crippen LogP contribution in [0.1, 0.15) is 19.3 Å². The van der Waals surface area contributed by atoms with Gasteiger partial charge >= 0.3 is 5.97 Å². The smallest absolute Gasteiger partial charge is 0.309 e. The molecule has 1 saturated carbocycles. The molecule has 12 heavy (non-hydrogen) atoms. The van der Waals surface area contributed by atoms with E-state index in [0.29, 0.717) is 6.42 Å². The van der Waals surface area contributed by atoms with E-state index in [9.17, 15) is 4.79 Å². The highest BCUT2D eigenvalue weighted by Crippen LogP contribution is 2.31. The van der Waals surface area contributed by atoms with Crippen LogP contribution >= 0.6 is 0 Å². The van der Waals surface area contributed by atoms with Gasteiger partial charge in [-0.2, -0.15) is 0 Å². The van der Waals surface area contributed by atoms with Crippen LogP contribution < -0.4 is 0 Å². The third-order valence-corrected chi connectivity index (χ3v) is 2.32. The molecule has 0 N–H and O–H groups in total. The molecule has 1 unspecified atom stereocenters. The molecule has 1 atom stereocenters. The summed E-state index contributed by atoms with van der Waals surface area (Å²) in [5, 5.41) is 0. The van der Waals surface area contributed by atoms with Crippen molar-refractivity contribution in [2.24, 2.45) is 5.92 Å². The van der Waals surface area contributed by atoms with Gasteiger partial charge in [-0.05, 0) is 19.3 Å². The van der Waals surface area contributed by atoms with Crippen LogP contribution in [-0.2, 0) is 9.53 Å². The fourth-order valence-electron chi connectivity index (χ4n) is 1.44. The second-order valence-corrected chi connectivity index (χ2v) is 3.17. The molecule has 0 aromatic heterocycles. The summed E-state index contributed by atoms with van der Waals surface area (Å²) in [6.45, 7) is 7.72. The fourth-order valence-corrected chi connectivity index (χ4v) is 1.44. The van der Waals surface area contributed by atoms with Gasteiger partial charge in [-0.15, -0.1) is 0 Å². The van der Waals surface area contributed by atoms with Gasteiger partial charge in [-0.3, -0.25) is 4.79 Å². The Bertz CT molecular complexity index is 228. The predicted octanol–water partition coefficient (Wildman–Crippen LogP) is 2.07. The Hall–Kier alpha value is -1.05. The van der Waals surface area contributed by atoms with Gasteiger partial charge in [0, 0.05) is 0 Å². The number of rotatable bonds is 1. The van der Waals surface area contributed by atoms with Crippen LogP contribution in [0.2, 0.25) is 0 Å². The number of esters is 1. The lowest BCUT2D eigenvalue weighted by molar-refractivity contribution is -0.145. The molecular weight excluding hydrogens is 152 g/mol. The Morgan fingerprint density at radius 3 is 2.67 bits per heavy atom. The lowest BCUT2D eigenvalue weighted by Gasteiger charge is -2.22. The number of hydrogen-bond acceptors (Lipinski definition) is 2. The molecule has 1 aliphatic rings. The molecule has 0 aromatic rings.